The summed E-state index contributed by atoms with van der Waals surface area (Å²) in [5.41, 5.74) is 0.476. The predicted molar refractivity (Wildman–Crippen MR) is 74.7 cm³/mol. The molecule has 1 saturated heterocycles. The van der Waals surface area contributed by atoms with Gasteiger partial charge in [-0.05, 0) is 26.2 Å². The van der Waals surface area contributed by atoms with E-state index in [1.54, 1.807) is 0 Å². The Morgan fingerprint density at radius 1 is 1.42 bits per heavy atom. The fourth-order valence-corrected chi connectivity index (χ4v) is 2.54. The number of halogens is 1. The standard InChI is InChI=1S/C14H23FN4/c1-5-11-13(15)14(17-8-16-11)18-12-7-19(9(2)3)6-10(12)4/h8-10,12H,5-7H2,1-4H3,(H,16,17,18). The average molecular weight is 266 g/mol. The molecule has 4 nitrogen and oxygen atoms in total. The lowest BCUT2D eigenvalue weighted by Gasteiger charge is -2.20. The van der Waals surface area contributed by atoms with Crippen LogP contribution in [0.15, 0.2) is 6.33 Å². The number of hydrogen-bond acceptors (Lipinski definition) is 4. The van der Waals surface area contributed by atoms with Crippen LogP contribution in [0, 0.1) is 11.7 Å². The minimum absolute atomic E-state index is 0.247. The van der Waals surface area contributed by atoms with E-state index in [-0.39, 0.29) is 11.9 Å². The number of nitrogens with zero attached hydrogens (tertiary/aromatic N) is 3. The van der Waals surface area contributed by atoms with Gasteiger partial charge in [0.25, 0.3) is 0 Å². The lowest BCUT2D eigenvalue weighted by Crippen LogP contribution is -2.32. The summed E-state index contributed by atoms with van der Waals surface area (Å²) < 4.78 is 14.1. The molecule has 1 fully saturated rings. The van der Waals surface area contributed by atoms with E-state index in [1.165, 1.54) is 6.33 Å². The van der Waals surface area contributed by atoms with E-state index in [9.17, 15) is 4.39 Å². The van der Waals surface area contributed by atoms with Crippen LogP contribution in [0.1, 0.15) is 33.4 Å². The number of aryl methyl sites for hydroxylation is 1. The Labute approximate surface area is 114 Å². The van der Waals surface area contributed by atoms with E-state index in [0.29, 0.717) is 29.9 Å². The highest BCUT2D eigenvalue weighted by molar-refractivity contribution is 5.39. The molecule has 0 spiro atoms. The summed E-state index contributed by atoms with van der Waals surface area (Å²) in [6, 6.07) is 0.771. The highest BCUT2D eigenvalue weighted by Crippen LogP contribution is 2.23. The summed E-state index contributed by atoms with van der Waals surface area (Å²) in [4.78, 5) is 10.4. The lowest BCUT2D eigenvalue weighted by atomic mass is 10.1. The van der Waals surface area contributed by atoms with Gasteiger partial charge in [-0.2, -0.15) is 0 Å². The van der Waals surface area contributed by atoms with E-state index in [4.69, 9.17) is 0 Å². The van der Waals surface area contributed by atoms with Crippen molar-refractivity contribution in [3.63, 3.8) is 0 Å². The van der Waals surface area contributed by atoms with Crippen LogP contribution < -0.4 is 5.32 Å². The van der Waals surface area contributed by atoms with Gasteiger partial charge in [0.15, 0.2) is 11.6 Å². The number of anilines is 1. The third-order valence-corrected chi connectivity index (χ3v) is 3.89. The number of nitrogens with one attached hydrogen (secondary N) is 1. The summed E-state index contributed by atoms with van der Waals surface area (Å²) in [6.45, 7) is 10.4. The Bertz CT molecular complexity index is 435. The van der Waals surface area contributed by atoms with Crippen molar-refractivity contribution in [2.24, 2.45) is 5.92 Å². The molecule has 1 aromatic rings. The fraction of sp³-hybridized carbons (Fsp3) is 0.714. The first kappa shape index (κ1) is 14.2. The lowest BCUT2D eigenvalue weighted by molar-refractivity contribution is 0.267. The molecule has 106 valence electrons. The average Bonchev–Trinajstić information content (AvgIpc) is 2.74. The molecule has 2 rings (SSSR count). The van der Waals surface area contributed by atoms with E-state index in [2.05, 4.69) is 41.0 Å². The quantitative estimate of drug-likeness (QED) is 0.908. The first-order valence-corrected chi connectivity index (χ1v) is 7.02. The minimum Gasteiger partial charge on any atom is -0.363 e. The normalized spacial score (nSPS) is 24.1. The van der Waals surface area contributed by atoms with Crippen LogP contribution in [0.25, 0.3) is 0 Å². The van der Waals surface area contributed by atoms with Crippen molar-refractivity contribution in [1.82, 2.24) is 14.9 Å². The Balaban J connectivity index is 2.10. The highest BCUT2D eigenvalue weighted by Gasteiger charge is 2.31. The number of likely N-dealkylation sites (tertiary alicyclic amines) is 1. The Hall–Kier alpha value is -1.23. The highest BCUT2D eigenvalue weighted by atomic mass is 19.1. The van der Waals surface area contributed by atoms with Crippen LogP contribution in [0.2, 0.25) is 0 Å². The molecular formula is C14H23FN4. The summed E-state index contributed by atoms with van der Waals surface area (Å²) >= 11 is 0. The molecule has 0 amide bonds. The number of aromatic nitrogens is 2. The zero-order valence-corrected chi connectivity index (χ0v) is 12.2. The third-order valence-electron chi connectivity index (χ3n) is 3.89. The van der Waals surface area contributed by atoms with Crippen molar-refractivity contribution >= 4 is 5.82 Å². The SMILES string of the molecule is CCc1ncnc(NC2CN(C(C)C)CC2C)c1F. The van der Waals surface area contributed by atoms with E-state index < -0.39 is 0 Å². The molecule has 2 heterocycles. The largest absolute Gasteiger partial charge is 0.363 e. The maximum Gasteiger partial charge on any atom is 0.186 e. The van der Waals surface area contributed by atoms with Crippen LogP contribution in [0.5, 0.6) is 0 Å². The summed E-state index contributed by atoms with van der Waals surface area (Å²) in [6.07, 6.45) is 2.02. The zero-order chi connectivity index (χ0) is 14.0. The van der Waals surface area contributed by atoms with Crippen LogP contribution in [-0.2, 0) is 6.42 Å². The molecule has 0 bridgehead atoms. The van der Waals surface area contributed by atoms with E-state index in [0.717, 1.165) is 13.1 Å². The maximum absolute atomic E-state index is 14.1. The Morgan fingerprint density at radius 2 is 2.16 bits per heavy atom. The second kappa shape index (κ2) is 5.82. The molecule has 0 saturated carbocycles. The van der Waals surface area contributed by atoms with Crippen LogP contribution in [-0.4, -0.2) is 40.0 Å². The van der Waals surface area contributed by atoms with Crippen molar-refractivity contribution in [3.05, 3.63) is 17.8 Å². The zero-order valence-electron chi connectivity index (χ0n) is 12.2. The van der Waals surface area contributed by atoms with Crippen LogP contribution >= 0.6 is 0 Å². The van der Waals surface area contributed by atoms with Crippen LogP contribution in [0.4, 0.5) is 10.2 Å². The second-order valence-corrected chi connectivity index (χ2v) is 5.61. The molecule has 2 unspecified atom stereocenters. The van der Waals surface area contributed by atoms with Gasteiger partial charge >= 0.3 is 0 Å². The van der Waals surface area contributed by atoms with Gasteiger partial charge in [-0.15, -0.1) is 0 Å². The van der Waals surface area contributed by atoms with Crippen LogP contribution in [0.3, 0.4) is 0 Å². The van der Waals surface area contributed by atoms with Crippen molar-refractivity contribution in [3.8, 4) is 0 Å². The van der Waals surface area contributed by atoms with Crippen molar-refractivity contribution in [2.45, 2.75) is 46.2 Å². The molecule has 1 aliphatic heterocycles. The van der Waals surface area contributed by atoms with E-state index >= 15 is 0 Å². The summed E-state index contributed by atoms with van der Waals surface area (Å²) in [5, 5.41) is 3.25. The number of hydrogen-bond donors (Lipinski definition) is 1. The van der Waals surface area contributed by atoms with Gasteiger partial charge in [0.2, 0.25) is 0 Å². The molecule has 2 atom stereocenters. The molecule has 1 N–H and O–H groups in total. The molecule has 0 aliphatic carbocycles. The molecule has 0 radical (unpaired) electrons. The Morgan fingerprint density at radius 3 is 2.74 bits per heavy atom. The first-order valence-electron chi connectivity index (χ1n) is 7.02. The monoisotopic (exact) mass is 266 g/mol. The summed E-state index contributed by atoms with van der Waals surface area (Å²) in [7, 11) is 0. The fourth-order valence-electron chi connectivity index (χ4n) is 2.54. The van der Waals surface area contributed by atoms with Crippen molar-refractivity contribution < 1.29 is 4.39 Å². The van der Waals surface area contributed by atoms with Crippen molar-refractivity contribution in [1.29, 1.82) is 0 Å². The smallest absolute Gasteiger partial charge is 0.186 e. The maximum atomic E-state index is 14.1. The van der Waals surface area contributed by atoms with Gasteiger partial charge in [0, 0.05) is 25.2 Å². The van der Waals surface area contributed by atoms with Gasteiger partial charge in [-0.25, -0.2) is 14.4 Å². The van der Waals surface area contributed by atoms with Gasteiger partial charge < -0.3 is 5.32 Å². The van der Waals surface area contributed by atoms with Gasteiger partial charge in [0.05, 0.1) is 5.69 Å². The van der Waals surface area contributed by atoms with Gasteiger partial charge in [-0.1, -0.05) is 13.8 Å². The molecule has 0 aromatic carbocycles. The van der Waals surface area contributed by atoms with Gasteiger partial charge in [-0.3, -0.25) is 4.90 Å². The van der Waals surface area contributed by atoms with Crippen molar-refractivity contribution in [2.75, 3.05) is 18.4 Å². The summed E-state index contributed by atoms with van der Waals surface area (Å²) in [5.74, 6) is 0.524. The minimum atomic E-state index is -0.305. The predicted octanol–water partition coefficient (Wildman–Crippen LogP) is 2.32. The first-order chi connectivity index (χ1) is 9.02. The topological polar surface area (TPSA) is 41.1 Å². The molecule has 5 heteroatoms. The third kappa shape index (κ3) is 3.03. The van der Waals surface area contributed by atoms with Gasteiger partial charge in [0.1, 0.15) is 6.33 Å². The molecule has 1 aliphatic rings. The second-order valence-electron chi connectivity index (χ2n) is 5.61. The molecule has 1 aromatic heterocycles. The van der Waals surface area contributed by atoms with E-state index in [1.807, 2.05) is 6.92 Å². The molecular weight excluding hydrogens is 243 g/mol. The Kier molecular flexibility index (Phi) is 4.34. The number of rotatable bonds is 4. The molecule has 19 heavy (non-hydrogen) atoms.